The van der Waals surface area contributed by atoms with Gasteiger partial charge in [-0.05, 0) is 23.5 Å². The molecule has 0 bridgehead atoms. The minimum atomic E-state index is 0.146. The van der Waals surface area contributed by atoms with Gasteiger partial charge < -0.3 is 9.47 Å². The first kappa shape index (κ1) is 12.6. The van der Waals surface area contributed by atoms with Gasteiger partial charge in [-0.15, -0.1) is 0 Å². The molecule has 2 unspecified atom stereocenters. The van der Waals surface area contributed by atoms with Crippen molar-refractivity contribution in [1.82, 2.24) is 0 Å². The van der Waals surface area contributed by atoms with Crippen LogP contribution >= 0.6 is 0 Å². The molecule has 1 fully saturated rings. The first-order valence-electron chi connectivity index (χ1n) is 6.30. The fourth-order valence-electron chi connectivity index (χ4n) is 1.77. The monoisotopic (exact) mass is 234 g/mol. The Morgan fingerprint density at radius 2 is 1.88 bits per heavy atom. The highest BCUT2D eigenvalue weighted by Gasteiger charge is 2.23. The van der Waals surface area contributed by atoms with E-state index in [0.29, 0.717) is 12.7 Å². The molecular formula is C15H22O2. The first-order valence-corrected chi connectivity index (χ1v) is 6.30. The van der Waals surface area contributed by atoms with Gasteiger partial charge in [0.1, 0.15) is 6.10 Å². The Hall–Kier alpha value is -0.860. The molecule has 2 nitrogen and oxygen atoms in total. The largest absolute Gasteiger partial charge is 0.371 e. The van der Waals surface area contributed by atoms with Gasteiger partial charge >= 0.3 is 0 Å². The Balaban J connectivity index is 1.96. The van der Waals surface area contributed by atoms with E-state index in [-0.39, 0.29) is 11.5 Å². The van der Waals surface area contributed by atoms with Crippen molar-refractivity contribution >= 4 is 0 Å². The van der Waals surface area contributed by atoms with Gasteiger partial charge in [0.25, 0.3) is 0 Å². The van der Waals surface area contributed by atoms with Crippen LogP contribution in [0, 0.1) is 0 Å². The summed E-state index contributed by atoms with van der Waals surface area (Å²) in [7, 11) is 0. The number of hydrogen-bond donors (Lipinski definition) is 0. The lowest BCUT2D eigenvalue weighted by Gasteiger charge is -2.20. The van der Waals surface area contributed by atoms with E-state index in [1.165, 1.54) is 11.1 Å². The molecule has 0 aliphatic carbocycles. The molecule has 0 spiro atoms. The van der Waals surface area contributed by atoms with Crippen LogP contribution < -0.4 is 0 Å². The molecule has 94 valence electrons. The molecule has 2 atom stereocenters. The molecule has 1 heterocycles. The first-order chi connectivity index (χ1) is 7.97. The van der Waals surface area contributed by atoms with Gasteiger partial charge in [0.05, 0.1) is 19.3 Å². The standard InChI is InChI=1S/C15H22O2/c1-11(16-9-14-10-17-14)12-5-7-13(8-6-12)15(2,3)4/h5-8,11,14H,9-10H2,1-4H3. The summed E-state index contributed by atoms with van der Waals surface area (Å²) in [4.78, 5) is 0. The van der Waals surface area contributed by atoms with Crippen molar-refractivity contribution in [2.24, 2.45) is 0 Å². The van der Waals surface area contributed by atoms with E-state index in [1.54, 1.807) is 0 Å². The summed E-state index contributed by atoms with van der Waals surface area (Å²) in [5.74, 6) is 0. The summed E-state index contributed by atoms with van der Waals surface area (Å²) >= 11 is 0. The molecule has 2 heteroatoms. The van der Waals surface area contributed by atoms with Crippen molar-refractivity contribution in [2.75, 3.05) is 13.2 Å². The maximum atomic E-state index is 5.75. The van der Waals surface area contributed by atoms with Gasteiger partial charge in [0.2, 0.25) is 0 Å². The zero-order valence-corrected chi connectivity index (χ0v) is 11.2. The van der Waals surface area contributed by atoms with Crippen molar-refractivity contribution < 1.29 is 9.47 Å². The van der Waals surface area contributed by atoms with Crippen molar-refractivity contribution in [1.29, 1.82) is 0 Å². The number of hydrogen-bond acceptors (Lipinski definition) is 2. The van der Waals surface area contributed by atoms with Crippen molar-refractivity contribution in [2.45, 2.75) is 45.3 Å². The van der Waals surface area contributed by atoms with Crippen LogP contribution in [-0.4, -0.2) is 19.3 Å². The van der Waals surface area contributed by atoms with Crippen molar-refractivity contribution in [3.05, 3.63) is 35.4 Å². The number of rotatable bonds is 4. The lowest BCUT2D eigenvalue weighted by atomic mass is 9.86. The summed E-state index contributed by atoms with van der Waals surface area (Å²) in [6, 6.07) is 8.73. The summed E-state index contributed by atoms with van der Waals surface area (Å²) in [6.45, 7) is 10.3. The smallest absolute Gasteiger partial charge is 0.104 e. The van der Waals surface area contributed by atoms with E-state index in [1.807, 2.05) is 0 Å². The quantitative estimate of drug-likeness (QED) is 0.744. The van der Waals surface area contributed by atoms with Crippen LogP contribution in [0.4, 0.5) is 0 Å². The summed E-state index contributed by atoms with van der Waals surface area (Å²) in [6.07, 6.45) is 0.486. The Labute approximate surface area is 104 Å². The average Bonchev–Trinajstić information content (AvgIpc) is 3.09. The van der Waals surface area contributed by atoms with Crippen LogP contribution in [0.5, 0.6) is 0 Å². The highest BCUT2D eigenvalue weighted by Crippen LogP contribution is 2.25. The third-order valence-corrected chi connectivity index (χ3v) is 3.18. The summed E-state index contributed by atoms with van der Waals surface area (Å²) < 4.78 is 10.9. The predicted octanol–water partition coefficient (Wildman–Crippen LogP) is 3.46. The second-order valence-corrected chi connectivity index (χ2v) is 5.80. The van der Waals surface area contributed by atoms with E-state index in [9.17, 15) is 0 Å². The van der Waals surface area contributed by atoms with Crippen LogP contribution in [0.25, 0.3) is 0 Å². The van der Waals surface area contributed by atoms with Crippen LogP contribution in [0.15, 0.2) is 24.3 Å². The highest BCUT2D eigenvalue weighted by molar-refractivity contribution is 5.28. The third kappa shape index (κ3) is 3.55. The molecule has 1 aromatic rings. The van der Waals surface area contributed by atoms with E-state index in [2.05, 4.69) is 52.0 Å². The fourth-order valence-corrected chi connectivity index (χ4v) is 1.77. The molecule has 17 heavy (non-hydrogen) atoms. The lowest BCUT2D eigenvalue weighted by Crippen LogP contribution is -2.11. The Kier molecular flexibility index (Phi) is 3.55. The normalized spacial score (nSPS) is 21.3. The highest BCUT2D eigenvalue weighted by atomic mass is 16.6. The molecule has 0 N–H and O–H groups in total. The number of benzene rings is 1. The Morgan fingerprint density at radius 3 is 2.35 bits per heavy atom. The van der Waals surface area contributed by atoms with Crippen LogP contribution in [-0.2, 0) is 14.9 Å². The molecular weight excluding hydrogens is 212 g/mol. The molecule has 1 aliphatic heterocycles. The van der Waals surface area contributed by atoms with E-state index >= 15 is 0 Å². The minimum Gasteiger partial charge on any atom is -0.371 e. The third-order valence-electron chi connectivity index (χ3n) is 3.18. The molecule has 1 aliphatic rings. The van der Waals surface area contributed by atoms with Crippen molar-refractivity contribution in [3.8, 4) is 0 Å². The van der Waals surface area contributed by atoms with Gasteiger partial charge in [-0.1, -0.05) is 45.0 Å². The number of ether oxygens (including phenoxy) is 2. The lowest BCUT2D eigenvalue weighted by molar-refractivity contribution is 0.0539. The Morgan fingerprint density at radius 1 is 1.29 bits per heavy atom. The average molecular weight is 234 g/mol. The molecule has 1 aromatic carbocycles. The predicted molar refractivity (Wildman–Crippen MR) is 69.2 cm³/mol. The van der Waals surface area contributed by atoms with Crippen LogP contribution in [0.2, 0.25) is 0 Å². The molecule has 1 saturated heterocycles. The zero-order chi connectivity index (χ0) is 12.5. The molecule has 0 saturated carbocycles. The van der Waals surface area contributed by atoms with Crippen molar-refractivity contribution in [3.63, 3.8) is 0 Å². The van der Waals surface area contributed by atoms with Crippen LogP contribution in [0.3, 0.4) is 0 Å². The molecule has 2 rings (SSSR count). The fraction of sp³-hybridized carbons (Fsp3) is 0.600. The van der Waals surface area contributed by atoms with E-state index in [0.717, 1.165) is 6.61 Å². The zero-order valence-electron chi connectivity index (χ0n) is 11.2. The SMILES string of the molecule is CC(OCC1CO1)c1ccc(C(C)(C)C)cc1. The van der Waals surface area contributed by atoms with Gasteiger partial charge in [-0.25, -0.2) is 0 Å². The molecule has 0 amide bonds. The molecule has 0 radical (unpaired) electrons. The second kappa shape index (κ2) is 4.79. The van der Waals surface area contributed by atoms with Gasteiger partial charge in [-0.3, -0.25) is 0 Å². The maximum absolute atomic E-state index is 5.75. The minimum absolute atomic E-state index is 0.146. The Bertz CT molecular complexity index is 358. The number of epoxide rings is 1. The molecule has 0 aromatic heterocycles. The van der Waals surface area contributed by atoms with E-state index in [4.69, 9.17) is 9.47 Å². The summed E-state index contributed by atoms with van der Waals surface area (Å²) in [5, 5.41) is 0. The van der Waals surface area contributed by atoms with Crippen LogP contribution in [0.1, 0.15) is 44.9 Å². The van der Waals surface area contributed by atoms with Gasteiger partial charge in [0.15, 0.2) is 0 Å². The van der Waals surface area contributed by atoms with Gasteiger partial charge in [0, 0.05) is 0 Å². The van der Waals surface area contributed by atoms with Gasteiger partial charge in [-0.2, -0.15) is 0 Å². The second-order valence-electron chi connectivity index (χ2n) is 5.80. The van der Waals surface area contributed by atoms with E-state index < -0.39 is 0 Å². The summed E-state index contributed by atoms with van der Waals surface area (Å²) in [5.41, 5.74) is 2.81. The topological polar surface area (TPSA) is 21.8 Å². The maximum Gasteiger partial charge on any atom is 0.104 e.